The molecule has 1 atom stereocenters. The fourth-order valence-corrected chi connectivity index (χ4v) is 2.12. The molecule has 1 fully saturated rings. The van der Waals surface area contributed by atoms with Crippen LogP contribution in [0, 0.1) is 5.92 Å². The van der Waals surface area contributed by atoms with E-state index < -0.39 is 11.9 Å². The quantitative estimate of drug-likeness (QED) is 0.842. The number of carbonyl (C=O) groups is 2. The lowest BCUT2D eigenvalue weighted by Gasteiger charge is -2.15. The van der Waals surface area contributed by atoms with Crippen LogP contribution in [0.2, 0.25) is 0 Å². The minimum atomic E-state index is -0.840. The first-order valence-corrected chi connectivity index (χ1v) is 6.37. The smallest absolute Gasteiger partial charge is 0.308 e. The van der Waals surface area contributed by atoms with Crippen molar-refractivity contribution in [3.8, 4) is 0 Å². The maximum absolute atomic E-state index is 12.2. The van der Waals surface area contributed by atoms with E-state index in [1.807, 2.05) is 20.8 Å². The van der Waals surface area contributed by atoms with Gasteiger partial charge in [0.05, 0.1) is 5.92 Å². The van der Waals surface area contributed by atoms with Crippen molar-refractivity contribution in [2.75, 3.05) is 13.1 Å². The second-order valence-electron chi connectivity index (χ2n) is 5.99. The van der Waals surface area contributed by atoms with Crippen molar-refractivity contribution in [3.63, 3.8) is 0 Å². The van der Waals surface area contributed by atoms with Crippen molar-refractivity contribution >= 4 is 11.9 Å². The van der Waals surface area contributed by atoms with Crippen LogP contribution in [0.25, 0.3) is 0 Å². The van der Waals surface area contributed by atoms with Crippen LogP contribution in [0.1, 0.15) is 43.4 Å². The van der Waals surface area contributed by atoms with E-state index in [1.165, 1.54) is 0 Å². The molecule has 1 saturated heterocycles. The van der Waals surface area contributed by atoms with Crippen LogP contribution in [-0.2, 0) is 10.2 Å². The van der Waals surface area contributed by atoms with Gasteiger partial charge >= 0.3 is 5.97 Å². The van der Waals surface area contributed by atoms with Gasteiger partial charge in [0.1, 0.15) is 5.69 Å². The Kier molecular flexibility index (Phi) is 3.34. The van der Waals surface area contributed by atoms with E-state index in [0.29, 0.717) is 18.7 Å². The van der Waals surface area contributed by atoms with Crippen molar-refractivity contribution in [2.24, 2.45) is 5.92 Å². The largest absolute Gasteiger partial charge is 0.481 e. The number of nitrogens with one attached hydrogen (secondary N) is 1. The molecule has 1 amide bonds. The Morgan fingerprint density at radius 3 is 2.63 bits per heavy atom. The van der Waals surface area contributed by atoms with Crippen LogP contribution in [0.3, 0.4) is 0 Å². The SMILES string of the molecule is CC(C)(C)c1cc(C(=O)N2CCC(C(=O)O)C2)n[nH]1. The summed E-state index contributed by atoms with van der Waals surface area (Å²) in [5.74, 6) is -1.49. The number of nitrogens with zero attached hydrogens (tertiary/aromatic N) is 2. The summed E-state index contributed by atoms with van der Waals surface area (Å²) in [6, 6.07) is 1.75. The third-order valence-electron chi connectivity index (χ3n) is 3.43. The van der Waals surface area contributed by atoms with Crippen LogP contribution < -0.4 is 0 Å². The number of carboxylic acids is 1. The summed E-state index contributed by atoms with van der Waals surface area (Å²) in [7, 11) is 0. The van der Waals surface area contributed by atoms with Gasteiger partial charge < -0.3 is 10.0 Å². The summed E-state index contributed by atoms with van der Waals surface area (Å²) in [6.07, 6.45) is 0.512. The van der Waals surface area contributed by atoms with E-state index in [1.54, 1.807) is 11.0 Å². The predicted molar refractivity (Wildman–Crippen MR) is 68.9 cm³/mol. The minimum absolute atomic E-state index is 0.0971. The lowest BCUT2D eigenvalue weighted by molar-refractivity contribution is -0.141. The molecule has 0 radical (unpaired) electrons. The first-order valence-electron chi connectivity index (χ1n) is 6.37. The average molecular weight is 265 g/mol. The number of amides is 1. The van der Waals surface area contributed by atoms with Gasteiger partial charge in [-0.25, -0.2) is 0 Å². The third kappa shape index (κ3) is 2.77. The van der Waals surface area contributed by atoms with Crippen molar-refractivity contribution in [3.05, 3.63) is 17.5 Å². The molecule has 1 aromatic rings. The molecule has 2 heterocycles. The van der Waals surface area contributed by atoms with E-state index >= 15 is 0 Å². The molecule has 0 saturated carbocycles. The summed E-state index contributed by atoms with van der Waals surface area (Å²) >= 11 is 0. The van der Waals surface area contributed by atoms with Gasteiger partial charge in [0.2, 0.25) is 0 Å². The Hall–Kier alpha value is -1.85. The molecule has 104 valence electrons. The Balaban J connectivity index is 2.09. The highest BCUT2D eigenvalue weighted by Gasteiger charge is 2.32. The molecular weight excluding hydrogens is 246 g/mol. The molecule has 6 nitrogen and oxygen atoms in total. The number of carbonyl (C=O) groups excluding carboxylic acids is 1. The van der Waals surface area contributed by atoms with Gasteiger partial charge in [-0.05, 0) is 12.5 Å². The zero-order valence-electron chi connectivity index (χ0n) is 11.4. The number of hydrogen-bond acceptors (Lipinski definition) is 3. The van der Waals surface area contributed by atoms with Gasteiger partial charge in [-0.1, -0.05) is 20.8 Å². The monoisotopic (exact) mass is 265 g/mol. The Labute approximate surface area is 111 Å². The highest BCUT2D eigenvalue weighted by atomic mass is 16.4. The standard InChI is InChI=1S/C13H19N3O3/c1-13(2,3)10-6-9(14-15-10)11(17)16-5-4-8(7-16)12(18)19/h6,8H,4-5,7H2,1-3H3,(H,14,15)(H,18,19). The summed E-state index contributed by atoms with van der Waals surface area (Å²) < 4.78 is 0. The molecule has 2 N–H and O–H groups in total. The highest BCUT2D eigenvalue weighted by molar-refractivity contribution is 5.93. The summed E-state index contributed by atoms with van der Waals surface area (Å²) in [5, 5.41) is 15.8. The molecule has 0 aliphatic carbocycles. The molecule has 1 aliphatic rings. The summed E-state index contributed by atoms with van der Waals surface area (Å²) in [6.45, 7) is 6.85. The topological polar surface area (TPSA) is 86.3 Å². The second kappa shape index (κ2) is 4.68. The molecule has 19 heavy (non-hydrogen) atoms. The molecule has 6 heteroatoms. The summed E-state index contributed by atoms with van der Waals surface area (Å²) in [5.41, 5.74) is 1.15. The van der Waals surface area contributed by atoms with Gasteiger partial charge in [-0.15, -0.1) is 0 Å². The Morgan fingerprint density at radius 2 is 2.16 bits per heavy atom. The number of carboxylic acid groups (broad SMARTS) is 1. The lowest BCUT2D eigenvalue weighted by atomic mass is 9.92. The zero-order valence-corrected chi connectivity index (χ0v) is 11.4. The molecule has 2 rings (SSSR count). The maximum atomic E-state index is 12.2. The number of aromatic nitrogens is 2. The first kappa shape index (κ1) is 13.6. The molecule has 1 unspecified atom stereocenters. The number of aromatic amines is 1. The van der Waals surface area contributed by atoms with Crippen molar-refractivity contribution < 1.29 is 14.7 Å². The number of rotatable bonds is 2. The van der Waals surface area contributed by atoms with E-state index in [4.69, 9.17) is 5.11 Å². The van der Waals surface area contributed by atoms with Crippen LogP contribution in [0.4, 0.5) is 0 Å². The number of hydrogen-bond donors (Lipinski definition) is 2. The predicted octanol–water partition coefficient (Wildman–Crippen LogP) is 1.25. The highest BCUT2D eigenvalue weighted by Crippen LogP contribution is 2.22. The maximum Gasteiger partial charge on any atom is 0.308 e. The van der Waals surface area contributed by atoms with E-state index in [0.717, 1.165) is 5.69 Å². The molecule has 1 aromatic heterocycles. The first-order chi connectivity index (χ1) is 8.79. The minimum Gasteiger partial charge on any atom is -0.481 e. The molecule has 1 aliphatic heterocycles. The molecule has 0 spiro atoms. The fraction of sp³-hybridized carbons (Fsp3) is 0.615. The van der Waals surface area contributed by atoms with Crippen LogP contribution >= 0.6 is 0 Å². The average Bonchev–Trinajstić information content (AvgIpc) is 2.97. The lowest BCUT2D eigenvalue weighted by Crippen LogP contribution is -2.30. The van der Waals surface area contributed by atoms with Gasteiger partial charge in [-0.3, -0.25) is 14.7 Å². The van der Waals surface area contributed by atoms with Crippen molar-refractivity contribution in [1.29, 1.82) is 0 Å². The van der Waals surface area contributed by atoms with Crippen LogP contribution in [-0.4, -0.2) is 45.2 Å². The zero-order chi connectivity index (χ0) is 14.2. The fourth-order valence-electron chi connectivity index (χ4n) is 2.12. The second-order valence-corrected chi connectivity index (χ2v) is 5.99. The third-order valence-corrected chi connectivity index (χ3v) is 3.43. The van der Waals surface area contributed by atoms with E-state index in [9.17, 15) is 9.59 Å². The van der Waals surface area contributed by atoms with Crippen molar-refractivity contribution in [1.82, 2.24) is 15.1 Å². The molecule has 0 aromatic carbocycles. The van der Waals surface area contributed by atoms with Gasteiger partial charge in [0.15, 0.2) is 0 Å². The molecular formula is C13H19N3O3. The molecule has 0 bridgehead atoms. The Bertz CT molecular complexity index is 501. The Morgan fingerprint density at radius 1 is 1.47 bits per heavy atom. The van der Waals surface area contributed by atoms with Gasteiger partial charge in [0, 0.05) is 24.2 Å². The van der Waals surface area contributed by atoms with Crippen molar-refractivity contribution in [2.45, 2.75) is 32.6 Å². The normalized spacial score (nSPS) is 19.7. The number of H-pyrrole nitrogens is 1. The summed E-state index contributed by atoms with van der Waals surface area (Å²) in [4.78, 5) is 24.6. The number of aliphatic carboxylic acids is 1. The van der Waals surface area contributed by atoms with E-state index in [2.05, 4.69) is 10.2 Å². The van der Waals surface area contributed by atoms with Crippen LogP contribution in [0.15, 0.2) is 6.07 Å². The number of likely N-dealkylation sites (tertiary alicyclic amines) is 1. The van der Waals surface area contributed by atoms with E-state index in [-0.39, 0.29) is 17.9 Å². The van der Waals surface area contributed by atoms with Gasteiger partial charge in [-0.2, -0.15) is 5.10 Å². The van der Waals surface area contributed by atoms with Crippen LogP contribution in [0.5, 0.6) is 0 Å². The van der Waals surface area contributed by atoms with Gasteiger partial charge in [0.25, 0.3) is 5.91 Å².